The van der Waals surface area contributed by atoms with E-state index in [0.29, 0.717) is 5.92 Å². The Bertz CT molecular complexity index is 138. The summed E-state index contributed by atoms with van der Waals surface area (Å²) in [4.78, 5) is 10.4. The first kappa shape index (κ1) is 10.5. The summed E-state index contributed by atoms with van der Waals surface area (Å²) in [7, 11) is 0. The molecule has 1 N–H and O–H groups in total. The lowest BCUT2D eigenvalue weighted by molar-refractivity contribution is -0.140. The summed E-state index contributed by atoms with van der Waals surface area (Å²) in [6.07, 6.45) is 1.31. The molecule has 0 aromatic carbocycles. The van der Waals surface area contributed by atoms with Crippen molar-refractivity contribution in [2.24, 2.45) is 11.3 Å². The molecule has 1 atom stereocenters. The van der Waals surface area contributed by atoms with Gasteiger partial charge in [0.05, 0.1) is 6.42 Å². The molecule has 0 rings (SSSR count). The molecule has 1 unspecified atom stereocenters. The first-order valence-corrected chi connectivity index (χ1v) is 4.12. The van der Waals surface area contributed by atoms with E-state index in [9.17, 15) is 4.79 Å². The fourth-order valence-corrected chi connectivity index (χ4v) is 1.12. The highest BCUT2D eigenvalue weighted by Gasteiger charge is 2.26. The first-order valence-electron chi connectivity index (χ1n) is 4.12. The van der Waals surface area contributed by atoms with Crippen molar-refractivity contribution in [3.63, 3.8) is 0 Å². The molecule has 2 heteroatoms. The summed E-state index contributed by atoms with van der Waals surface area (Å²) < 4.78 is 0. The second-order valence-electron chi connectivity index (χ2n) is 3.87. The molecule has 0 aliphatic heterocycles. The molecule has 0 aromatic rings. The van der Waals surface area contributed by atoms with Gasteiger partial charge in [-0.2, -0.15) is 0 Å². The molecule has 0 amide bonds. The van der Waals surface area contributed by atoms with E-state index in [1.54, 1.807) is 0 Å². The summed E-state index contributed by atoms with van der Waals surface area (Å²) in [5.74, 6) is -0.228. The number of rotatable bonds is 4. The topological polar surface area (TPSA) is 37.3 Å². The number of hydrogen-bond donors (Lipinski definition) is 1. The Morgan fingerprint density at radius 3 is 2.27 bits per heavy atom. The Labute approximate surface area is 68.6 Å². The van der Waals surface area contributed by atoms with Crippen LogP contribution in [-0.2, 0) is 4.79 Å². The third-order valence-corrected chi connectivity index (χ3v) is 2.55. The van der Waals surface area contributed by atoms with Gasteiger partial charge in [-0.3, -0.25) is 4.79 Å². The third kappa shape index (κ3) is 3.40. The molecular formula is C9H18O2. The van der Waals surface area contributed by atoms with Crippen LogP contribution in [0.5, 0.6) is 0 Å². The molecule has 0 saturated heterocycles. The maximum Gasteiger partial charge on any atom is 0.303 e. The highest BCUT2D eigenvalue weighted by Crippen LogP contribution is 2.32. The molecule has 0 spiro atoms. The normalized spacial score (nSPS) is 14.5. The highest BCUT2D eigenvalue weighted by atomic mass is 16.4. The van der Waals surface area contributed by atoms with Gasteiger partial charge in [-0.05, 0) is 11.3 Å². The Balaban J connectivity index is 4.08. The zero-order chi connectivity index (χ0) is 9.07. The van der Waals surface area contributed by atoms with Crippen LogP contribution in [-0.4, -0.2) is 11.1 Å². The quantitative estimate of drug-likeness (QED) is 0.682. The Kier molecular flexibility index (Phi) is 3.56. The molecule has 11 heavy (non-hydrogen) atoms. The van der Waals surface area contributed by atoms with Gasteiger partial charge in [-0.15, -0.1) is 0 Å². The average Bonchev–Trinajstić information content (AvgIpc) is 1.83. The van der Waals surface area contributed by atoms with Crippen LogP contribution in [0.15, 0.2) is 0 Å². The summed E-state index contributed by atoms with van der Waals surface area (Å²) in [5, 5.41) is 8.59. The van der Waals surface area contributed by atoms with Gasteiger partial charge in [0.2, 0.25) is 0 Å². The largest absolute Gasteiger partial charge is 0.481 e. The lowest BCUT2D eigenvalue weighted by Crippen LogP contribution is -2.24. The minimum atomic E-state index is -0.699. The van der Waals surface area contributed by atoms with Gasteiger partial charge in [-0.1, -0.05) is 34.1 Å². The monoisotopic (exact) mass is 158 g/mol. The zero-order valence-electron chi connectivity index (χ0n) is 7.85. The van der Waals surface area contributed by atoms with E-state index in [4.69, 9.17) is 5.11 Å². The lowest BCUT2D eigenvalue weighted by atomic mass is 9.76. The van der Waals surface area contributed by atoms with E-state index < -0.39 is 5.97 Å². The minimum Gasteiger partial charge on any atom is -0.481 e. The van der Waals surface area contributed by atoms with E-state index in [-0.39, 0.29) is 11.8 Å². The Hall–Kier alpha value is -0.530. The van der Waals surface area contributed by atoms with E-state index in [1.807, 2.05) is 13.8 Å². The summed E-state index contributed by atoms with van der Waals surface area (Å²) in [6.45, 7) is 8.21. The van der Waals surface area contributed by atoms with Crippen LogP contribution in [0.1, 0.15) is 40.5 Å². The molecule has 0 heterocycles. The van der Waals surface area contributed by atoms with Crippen molar-refractivity contribution in [3.8, 4) is 0 Å². The smallest absolute Gasteiger partial charge is 0.303 e. The van der Waals surface area contributed by atoms with Crippen LogP contribution in [0.25, 0.3) is 0 Å². The fourth-order valence-electron chi connectivity index (χ4n) is 1.12. The van der Waals surface area contributed by atoms with Gasteiger partial charge in [-0.25, -0.2) is 0 Å². The molecule has 0 saturated carbocycles. The van der Waals surface area contributed by atoms with Crippen molar-refractivity contribution in [2.45, 2.75) is 40.5 Å². The van der Waals surface area contributed by atoms with Crippen LogP contribution in [0.4, 0.5) is 0 Å². The van der Waals surface area contributed by atoms with E-state index in [0.717, 1.165) is 6.42 Å². The maximum atomic E-state index is 10.4. The van der Waals surface area contributed by atoms with Crippen LogP contribution in [0.3, 0.4) is 0 Å². The van der Waals surface area contributed by atoms with E-state index >= 15 is 0 Å². The van der Waals surface area contributed by atoms with Gasteiger partial charge in [0, 0.05) is 0 Å². The van der Waals surface area contributed by atoms with Gasteiger partial charge in [0.25, 0.3) is 0 Å². The second kappa shape index (κ2) is 3.74. The molecule has 0 aromatic heterocycles. The van der Waals surface area contributed by atoms with Crippen molar-refractivity contribution in [1.29, 1.82) is 0 Å². The summed E-state index contributed by atoms with van der Waals surface area (Å²) in [5.41, 5.74) is -0.0689. The molecule has 0 aliphatic rings. The molecule has 66 valence electrons. The van der Waals surface area contributed by atoms with Crippen LogP contribution < -0.4 is 0 Å². The van der Waals surface area contributed by atoms with Crippen LogP contribution in [0.2, 0.25) is 0 Å². The predicted octanol–water partition coefficient (Wildman–Crippen LogP) is 2.53. The van der Waals surface area contributed by atoms with Crippen molar-refractivity contribution in [3.05, 3.63) is 0 Å². The molecule has 0 aliphatic carbocycles. The van der Waals surface area contributed by atoms with Gasteiger partial charge >= 0.3 is 5.97 Å². The van der Waals surface area contributed by atoms with Crippen molar-refractivity contribution < 1.29 is 9.90 Å². The van der Waals surface area contributed by atoms with Gasteiger partial charge < -0.3 is 5.11 Å². The molecule has 2 nitrogen and oxygen atoms in total. The molecular weight excluding hydrogens is 140 g/mol. The maximum absolute atomic E-state index is 10.4. The SMILES string of the molecule is CCC(C)C(C)(C)CC(=O)O. The first-order chi connectivity index (χ1) is 4.90. The highest BCUT2D eigenvalue weighted by molar-refractivity contribution is 5.67. The summed E-state index contributed by atoms with van der Waals surface area (Å²) >= 11 is 0. The number of hydrogen-bond acceptors (Lipinski definition) is 1. The number of carboxylic acid groups (broad SMARTS) is 1. The van der Waals surface area contributed by atoms with E-state index in [1.165, 1.54) is 0 Å². The Morgan fingerprint density at radius 2 is 2.00 bits per heavy atom. The van der Waals surface area contributed by atoms with Crippen molar-refractivity contribution in [1.82, 2.24) is 0 Å². The number of carboxylic acids is 1. The fraction of sp³-hybridized carbons (Fsp3) is 0.889. The van der Waals surface area contributed by atoms with E-state index in [2.05, 4.69) is 13.8 Å². The van der Waals surface area contributed by atoms with Gasteiger partial charge in [0.1, 0.15) is 0 Å². The average molecular weight is 158 g/mol. The molecule has 0 radical (unpaired) electrons. The van der Waals surface area contributed by atoms with Crippen LogP contribution >= 0.6 is 0 Å². The van der Waals surface area contributed by atoms with Crippen LogP contribution in [0, 0.1) is 11.3 Å². The number of carbonyl (C=O) groups is 1. The third-order valence-electron chi connectivity index (χ3n) is 2.55. The lowest BCUT2D eigenvalue weighted by Gasteiger charge is -2.29. The minimum absolute atomic E-state index is 0.0689. The van der Waals surface area contributed by atoms with Crippen molar-refractivity contribution in [2.75, 3.05) is 0 Å². The predicted molar refractivity (Wildman–Crippen MR) is 45.5 cm³/mol. The molecule has 0 fully saturated rings. The standard InChI is InChI=1S/C9H18O2/c1-5-7(2)9(3,4)6-8(10)11/h7H,5-6H2,1-4H3,(H,10,11). The second-order valence-corrected chi connectivity index (χ2v) is 3.87. The van der Waals surface area contributed by atoms with Crippen molar-refractivity contribution >= 4 is 5.97 Å². The number of aliphatic carboxylic acids is 1. The Morgan fingerprint density at radius 1 is 1.55 bits per heavy atom. The van der Waals surface area contributed by atoms with Gasteiger partial charge in [0.15, 0.2) is 0 Å². The molecule has 0 bridgehead atoms. The summed E-state index contributed by atoms with van der Waals surface area (Å²) in [6, 6.07) is 0. The zero-order valence-corrected chi connectivity index (χ0v) is 7.85.